The van der Waals surface area contributed by atoms with Crippen LogP contribution in [0, 0.1) is 0 Å². The molecule has 7 nitrogen and oxygen atoms in total. The molecule has 2 rings (SSSR count). The summed E-state index contributed by atoms with van der Waals surface area (Å²) in [6.45, 7) is -0.922. The fourth-order valence-electron chi connectivity index (χ4n) is 2.16. The normalized spacial score (nSPS) is 11.3. The van der Waals surface area contributed by atoms with Crippen LogP contribution in [0.3, 0.4) is 0 Å². The van der Waals surface area contributed by atoms with Crippen LogP contribution in [0.2, 0.25) is 0 Å². The van der Waals surface area contributed by atoms with Crippen LogP contribution in [0.4, 0.5) is 0 Å². The van der Waals surface area contributed by atoms with Gasteiger partial charge in [-0.2, -0.15) is 0 Å². The number of methoxy groups -OCH3 is 1. The second-order valence-electron chi connectivity index (χ2n) is 5.33. The summed E-state index contributed by atoms with van der Waals surface area (Å²) in [7, 11) is 1.16. The highest BCUT2D eigenvalue weighted by Gasteiger charge is 2.20. The molecule has 0 unspecified atom stereocenters. The molecule has 7 heteroatoms. The number of hydrogen-bond donors (Lipinski definition) is 2. The van der Waals surface area contributed by atoms with E-state index in [9.17, 15) is 14.4 Å². The first-order valence-electron chi connectivity index (χ1n) is 7.85. The van der Waals surface area contributed by atoms with E-state index in [2.05, 4.69) is 10.1 Å². The SMILES string of the molecule is COC(=O)[C@H](CO)NC(=O)COc1ccc(C(=O)c2ccccc2)cc1. The largest absolute Gasteiger partial charge is 0.484 e. The third-order valence-corrected chi connectivity index (χ3v) is 3.53. The minimum atomic E-state index is -1.14. The van der Waals surface area contributed by atoms with Gasteiger partial charge in [-0.3, -0.25) is 9.59 Å². The predicted molar refractivity (Wildman–Crippen MR) is 92.8 cm³/mol. The zero-order chi connectivity index (χ0) is 18.9. The topological polar surface area (TPSA) is 102 Å². The highest BCUT2D eigenvalue weighted by Crippen LogP contribution is 2.15. The van der Waals surface area contributed by atoms with Crippen LogP contribution in [-0.4, -0.2) is 49.1 Å². The molecule has 1 amide bonds. The third kappa shape index (κ3) is 5.15. The smallest absolute Gasteiger partial charge is 0.330 e. The van der Waals surface area contributed by atoms with E-state index in [0.29, 0.717) is 16.9 Å². The van der Waals surface area contributed by atoms with Gasteiger partial charge in [-0.1, -0.05) is 30.3 Å². The molecule has 136 valence electrons. The maximum Gasteiger partial charge on any atom is 0.330 e. The van der Waals surface area contributed by atoms with E-state index >= 15 is 0 Å². The Hall–Kier alpha value is -3.19. The number of carbonyl (C=O) groups is 3. The van der Waals surface area contributed by atoms with Gasteiger partial charge in [-0.15, -0.1) is 0 Å². The van der Waals surface area contributed by atoms with Gasteiger partial charge in [0.25, 0.3) is 5.91 Å². The van der Waals surface area contributed by atoms with Crippen LogP contribution in [0.15, 0.2) is 54.6 Å². The molecule has 2 N–H and O–H groups in total. The first-order chi connectivity index (χ1) is 12.5. The van der Waals surface area contributed by atoms with Crippen LogP contribution in [0.5, 0.6) is 5.75 Å². The van der Waals surface area contributed by atoms with Crippen molar-refractivity contribution in [3.05, 3.63) is 65.7 Å². The van der Waals surface area contributed by atoms with Crippen LogP contribution >= 0.6 is 0 Å². The average Bonchev–Trinajstić information content (AvgIpc) is 2.70. The second kappa shape index (κ2) is 9.33. The highest BCUT2D eigenvalue weighted by atomic mass is 16.5. The van der Waals surface area contributed by atoms with E-state index in [4.69, 9.17) is 9.84 Å². The van der Waals surface area contributed by atoms with Crippen LogP contribution in [0.25, 0.3) is 0 Å². The Kier molecular flexibility index (Phi) is 6.87. The monoisotopic (exact) mass is 357 g/mol. The first kappa shape index (κ1) is 19.1. The summed E-state index contributed by atoms with van der Waals surface area (Å²) in [5, 5.41) is 11.3. The van der Waals surface area contributed by atoms with Gasteiger partial charge in [-0.25, -0.2) is 4.79 Å². The van der Waals surface area contributed by atoms with Crippen molar-refractivity contribution in [3.63, 3.8) is 0 Å². The predicted octanol–water partition coefficient (Wildman–Crippen LogP) is 0.946. The van der Waals surface area contributed by atoms with E-state index in [0.717, 1.165) is 7.11 Å². The summed E-state index contributed by atoms with van der Waals surface area (Å²) in [6.07, 6.45) is 0. The minimum absolute atomic E-state index is 0.112. The minimum Gasteiger partial charge on any atom is -0.484 e. The van der Waals surface area contributed by atoms with E-state index in [1.54, 1.807) is 48.5 Å². The fourth-order valence-corrected chi connectivity index (χ4v) is 2.16. The van der Waals surface area contributed by atoms with Crippen LogP contribution < -0.4 is 10.1 Å². The lowest BCUT2D eigenvalue weighted by Gasteiger charge is -2.14. The van der Waals surface area contributed by atoms with Crippen molar-refractivity contribution in [1.29, 1.82) is 0 Å². The first-order valence-corrected chi connectivity index (χ1v) is 7.85. The third-order valence-electron chi connectivity index (χ3n) is 3.53. The number of ketones is 1. The Balaban J connectivity index is 1.90. The molecule has 0 aliphatic heterocycles. The molecule has 0 heterocycles. The van der Waals surface area contributed by atoms with Crippen molar-refractivity contribution in [2.24, 2.45) is 0 Å². The van der Waals surface area contributed by atoms with Crippen molar-refractivity contribution in [2.45, 2.75) is 6.04 Å². The van der Waals surface area contributed by atoms with E-state index in [1.807, 2.05) is 6.07 Å². The van der Waals surface area contributed by atoms with Gasteiger partial charge in [0, 0.05) is 11.1 Å². The zero-order valence-electron chi connectivity index (χ0n) is 14.2. The number of rotatable bonds is 8. The summed E-state index contributed by atoms with van der Waals surface area (Å²) in [5.41, 5.74) is 1.08. The number of ether oxygens (including phenoxy) is 2. The Bertz CT molecular complexity index is 757. The Morgan fingerprint density at radius 1 is 1.00 bits per heavy atom. The van der Waals surface area contributed by atoms with Gasteiger partial charge in [0.1, 0.15) is 5.75 Å². The molecule has 0 saturated carbocycles. The van der Waals surface area contributed by atoms with Gasteiger partial charge in [0.2, 0.25) is 0 Å². The summed E-state index contributed by atoms with van der Waals surface area (Å²) in [6, 6.07) is 14.1. The molecule has 2 aromatic carbocycles. The van der Waals surface area contributed by atoms with Gasteiger partial charge in [0.15, 0.2) is 18.4 Å². The van der Waals surface area contributed by atoms with E-state index in [-0.39, 0.29) is 12.4 Å². The lowest BCUT2D eigenvalue weighted by Crippen LogP contribution is -2.45. The average molecular weight is 357 g/mol. The molecule has 0 saturated heterocycles. The van der Waals surface area contributed by atoms with Gasteiger partial charge >= 0.3 is 5.97 Å². The molecular formula is C19H19NO6. The van der Waals surface area contributed by atoms with Crippen molar-refractivity contribution >= 4 is 17.7 Å². The number of carbonyl (C=O) groups excluding carboxylic acids is 3. The fraction of sp³-hybridized carbons (Fsp3) is 0.211. The van der Waals surface area contributed by atoms with E-state index < -0.39 is 24.5 Å². The summed E-state index contributed by atoms with van der Waals surface area (Å²) < 4.78 is 9.76. The second-order valence-corrected chi connectivity index (χ2v) is 5.33. The number of benzene rings is 2. The van der Waals surface area contributed by atoms with Gasteiger partial charge in [-0.05, 0) is 24.3 Å². The van der Waals surface area contributed by atoms with Crippen molar-refractivity contribution in [3.8, 4) is 5.75 Å². The molecule has 0 fully saturated rings. The maximum absolute atomic E-state index is 12.3. The highest BCUT2D eigenvalue weighted by molar-refractivity contribution is 6.08. The standard InChI is InChI=1S/C19H19NO6/c1-25-19(24)16(11-21)20-17(22)12-26-15-9-7-14(8-10-15)18(23)13-5-3-2-4-6-13/h2-10,16,21H,11-12H2,1H3,(H,20,22)/t16-/m0/s1. The molecule has 0 spiro atoms. The number of amides is 1. The van der Waals surface area contributed by atoms with E-state index in [1.165, 1.54) is 0 Å². The Labute approximate surface area is 150 Å². The molecule has 0 bridgehead atoms. The molecule has 0 aliphatic rings. The molecular weight excluding hydrogens is 338 g/mol. The lowest BCUT2D eigenvalue weighted by molar-refractivity contribution is -0.146. The quantitative estimate of drug-likeness (QED) is 0.539. The molecule has 1 atom stereocenters. The molecule has 0 aliphatic carbocycles. The number of nitrogens with one attached hydrogen (secondary N) is 1. The van der Waals surface area contributed by atoms with Crippen molar-refractivity contribution in [2.75, 3.05) is 20.3 Å². The van der Waals surface area contributed by atoms with Crippen LogP contribution in [0.1, 0.15) is 15.9 Å². The van der Waals surface area contributed by atoms with Crippen molar-refractivity contribution < 1.29 is 29.0 Å². The summed E-state index contributed by atoms with van der Waals surface area (Å²) >= 11 is 0. The maximum atomic E-state index is 12.3. The Morgan fingerprint density at radius 3 is 2.19 bits per heavy atom. The molecule has 26 heavy (non-hydrogen) atoms. The lowest BCUT2D eigenvalue weighted by atomic mass is 10.0. The number of aliphatic hydroxyl groups is 1. The zero-order valence-corrected chi connectivity index (χ0v) is 14.2. The summed E-state index contributed by atoms with van der Waals surface area (Å²) in [5.74, 6) is -1.05. The number of aliphatic hydroxyl groups excluding tert-OH is 1. The molecule has 2 aromatic rings. The van der Waals surface area contributed by atoms with Gasteiger partial charge in [0.05, 0.1) is 13.7 Å². The number of esters is 1. The number of hydrogen-bond acceptors (Lipinski definition) is 6. The molecule has 0 radical (unpaired) electrons. The van der Waals surface area contributed by atoms with Crippen LogP contribution in [-0.2, 0) is 14.3 Å². The summed E-state index contributed by atoms with van der Waals surface area (Å²) in [4.78, 5) is 35.4. The Morgan fingerprint density at radius 2 is 1.62 bits per heavy atom. The molecule has 0 aromatic heterocycles. The van der Waals surface area contributed by atoms with Crippen molar-refractivity contribution in [1.82, 2.24) is 5.32 Å². The van der Waals surface area contributed by atoms with Gasteiger partial charge < -0.3 is 19.9 Å².